The second-order valence-corrected chi connectivity index (χ2v) is 13.0. The topological polar surface area (TPSA) is 46.2 Å². The molecule has 0 N–H and O–H groups in total. The van der Waals surface area contributed by atoms with Crippen molar-refractivity contribution < 1.29 is 28.1 Å². The molecule has 1 aromatic heterocycles. The molecule has 244 valence electrons. The van der Waals surface area contributed by atoms with Crippen LogP contribution in [0.2, 0.25) is 0 Å². The van der Waals surface area contributed by atoms with E-state index in [9.17, 15) is 0 Å². The molecule has 0 amide bonds. The maximum absolute atomic E-state index is 15.3. The van der Waals surface area contributed by atoms with Crippen LogP contribution in [-0.4, -0.2) is 57.5 Å². The van der Waals surface area contributed by atoms with Crippen molar-refractivity contribution in [3.63, 3.8) is 0 Å². The summed E-state index contributed by atoms with van der Waals surface area (Å²) in [5, 5.41) is 1.19. The van der Waals surface area contributed by atoms with Crippen molar-refractivity contribution in [3.05, 3.63) is 70.4 Å². The number of rotatable bonds is 20. The summed E-state index contributed by atoms with van der Waals surface area (Å²) in [5.41, 5.74) is 1.56. The monoisotopic (exact) mass is 628 g/mol. The highest BCUT2D eigenvalue weighted by Gasteiger charge is 2.48. The molecule has 1 aliphatic rings. The number of halogens is 1. The van der Waals surface area contributed by atoms with E-state index in [1.165, 1.54) is 10.1 Å². The molecule has 1 unspecified atom stereocenters. The molecule has 7 heteroatoms. The predicted molar refractivity (Wildman–Crippen MR) is 178 cm³/mol. The number of thiophene rings is 1. The second-order valence-electron chi connectivity index (χ2n) is 11.9. The Hall–Kier alpha value is -1.87. The van der Waals surface area contributed by atoms with Crippen LogP contribution in [-0.2, 0) is 30.1 Å². The average molecular weight is 629 g/mol. The zero-order valence-electron chi connectivity index (χ0n) is 27.2. The number of hydrogen-bond donors (Lipinski definition) is 0. The van der Waals surface area contributed by atoms with Gasteiger partial charge in [-0.15, -0.1) is 11.3 Å². The molecule has 5 nitrogen and oxygen atoms in total. The van der Waals surface area contributed by atoms with Gasteiger partial charge in [0.05, 0.1) is 6.61 Å². The van der Waals surface area contributed by atoms with Gasteiger partial charge < -0.3 is 23.7 Å². The van der Waals surface area contributed by atoms with E-state index in [4.69, 9.17) is 23.7 Å². The Morgan fingerprint density at radius 3 is 2.05 bits per heavy atom. The van der Waals surface area contributed by atoms with Gasteiger partial charge in [0.1, 0.15) is 36.3 Å². The van der Waals surface area contributed by atoms with E-state index in [1.807, 2.05) is 24.3 Å². The van der Waals surface area contributed by atoms with Crippen LogP contribution in [0.4, 0.5) is 4.39 Å². The Morgan fingerprint density at radius 1 is 0.727 bits per heavy atom. The maximum atomic E-state index is 15.3. The van der Waals surface area contributed by atoms with E-state index in [0.717, 1.165) is 61.8 Å². The van der Waals surface area contributed by atoms with Crippen LogP contribution < -0.4 is 0 Å². The molecule has 0 saturated carbocycles. The van der Waals surface area contributed by atoms with Crippen LogP contribution in [0.5, 0.6) is 0 Å². The SMILES string of the molecule is CCCCOC[C@H]1OC(c2ccc(F)c(Cc3cc4ccccc4s3)c2)[C@H](OCCCC)[C@@H](OCCCC)[C@@H]1OCCCC. The minimum Gasteiger partial charge on any atom is -0.379 e. The van der Waals surface area contributed by atoms with Crippen LogP contribution in [0.3, 0.4) is 0 Å². The number of hydrogen-bond acceptors (Lipinski definition) is 6. The third kappa shape index (κ3) is 9.81. The van der Waals surface area contributed by atoms with Crippen molar-refractivity contribution in [1.82, 2.24) is 0 Å². The normalized spacial score (nSPS) is 22.2. The Balaban J connectivity index is 1.67. The first-order valence-electron chi connectivity index (χ1n) is 16.9. The first-order valence-corrected chi connectivity index (χ1v) is 17.7. The Morgan fingerprint density at radius 2 is 1.36 bits per heavy atom. The maximum Gasteiger partial charge on any atom is 0.126 e. The smallest absolute Gasteiger partial charge is 0.126 e. The Kier molecular flexibility index (Phi) is 15.1. The molecular weight excluding hydrogens is 575 g/mol. The van der Waals surface area contributed by atoms with Crippen LogP contribution in [0, 0.1) is 5.82 Å². The molecule has 2 heterocycles. The van der Waals surface area contributed by atoms with Gasteiger partial charge in [0, 0.05) is 42.4 Å². The van der Waals surface area contributed by atoms with Crippen LogP contribution in [0.1, 0.15) is 101 Å². The molecule has 0 spiro atoms. The van der Waals surface area contributed by atoms with E-state index >= 15 is 4.39 Å². The Bertz CT molecular complexity index is 1200. The van der Waals surface area contributed by atoms with Crippen LogP contribution in [0.15, 0.2) is 48.5 Å². The lowest BCUT2D eigenvalue weighted by Gasteiger charge is -2.46. The number of fused-ring (bicyclic) bond motifs is 1. The minimum atomic E-state index is -0.439. The first kappa shape index (κ1) is 35.0. The molecule has 5 atom stereocenters. The number of benzene rings is 2. The fraction of sp³-hybridized carbons (Fsp3) is 0.622. The predicted octanol–water partition coefficient (Wildman–Crippen LogP) is 9.44. The van der Waals surface area contributed by atoms with E-state index in [-0.39, 0.29) is 30.2 Å². The Labute approximate surface area is 268 Å². The summed E-state index contributed by atoms with van der Waals surface area (Å²) in [4.78, 5) is 1.13. The van der Waals surface area contributed by atoms with Gasteiger partial charge in [0.2, 0.25) is 0 Å². The van der Waals surface area contributed by atoms with Crippen molar-refractivity contribution in [2.75, 3.05) is 33.0 Å². The third-order valence-corrected chi connectivity index (χ3v) is 9.34. The van der Waals surface area contributed by atoms with Crippen molar-refractivity contribution in [2.45, 2.75) is 116 Å². The summed E-state index contributed by atoms with van der Waals surface area (Å²) in [6.45, 7) is 11.6. The summed E-state index contributed by atoms with van der Waals surface area (Å²) in [7, 11) is 0. The lowest BCUT2D eigenvalue weighted by molar-refractivity contribution is -0.268. The lowest BCUT2D eigenvalue weighted by Crippen LogP contribution is -2.58. The zero-order chi connectivity index (χ0) is 31.1. The second kappa shape index (κ2) is 18.9. The van der Waals surface area contributed by atoms with E-state index in [1.54, 1.807) is 17.4 Å². The highest BCUT2D eigenvalue weighted by atomic mass is 32.1. The average Bonchev–Trinajstić information content (AvgIpc) is 3.44. The molecule has 1 saturated heterocycles. The van der Waals surface area contributed by atoms with E-state index in [2.05, 4.69) is 45.9 Å². The minimum absolute atomic E-state index is 0.207. The summed E-state index contributed by atoms with van der Waals surface area (Å²) < 4.78 is 49.4. The molecule has 0 aliphatic carbocycles. The lowest BCUT2D eigenvalue weighted by atomic mass is 9.89. The largest absolute Gasteiger partial charge is 0.379 e. The van der Waals surface area contributed by atoms with E-state index < -0.39 is 6.10 Å². The zero-order valence-corrected chi connectivity index (χ0v) is 28.0. The molecule has 0 radical (unpaired) electrons. The van der Waals surface area contributed by atoms with Gasteiger partial charge in [-0.05, 0) is 66.5 Å². The van der Waals surface area contributed by atoms with Crippen molar-refractivity contribution in [2.24, 2.45) is 0 Å². The molecule has 1 aliphatic heterocycles. The number of ether oxygens (including phenoxy) is 5. The molecule has 4 rings (SSSR count). The van der Waals surface area contributed by atoms with Gasteiger partial charge in [-0.2, -0.15) is 0 Å². The summed E-state index contributed by atoms with van der Waals surface area (Å²) in [6.07, 6.45) is 6.76. The highest BCUT2D eigenvalue weighted by Crippen LogP contribution is 2.39. The van der Waals surface area contributed by atoms with Crippen molar-refractivity contribution in [3.8, 4) is 0 Å². The highest BCUT2D eigenvalue weighted by molar-refractivity contribution is 7.19. The fourth-order valence-electron chi connectivity index (χ4n) is 5.65. The first-order chi connectivity index (χ1) is 21.6. The van der Waals surface area contributed by atoms with Gasteiger partial charge in [0.25, 0.3) is 0 Å². The molecular formula is C37H53FO5S. The van der Waals surface area contributed by atoms with Gasteiger partial charge >= 0.3 is 0 Å². The summed E-state index contributed by atoms with van der Waals surface area (Å²) in [6, 6.07) is 15.9. The number of unbranched alkanes of at least 4 members (excludes halogenated alkanes) is 4. The van der Waals surface area contributed by atoms with Gasteiger partial charge in [-0.3, -0.25) is 0 Å². The van der Waals surface area contributed by atoms with Gasteiger partial charge in [-0.25, -0.2) is 4.39 Å². The van der Waals surface area contributed by atoms with E-state index in [0.29, 0.717) is 45.0 Å². The molecule has 1 fully saturated rings. The van der Waals surface area contributed by atoms with Crippen LogP contribution in [0.25, 0.3) is 10.1 Å². The van der Waals surface area contributed by atoms with Crippen molar-refractivity contribution in [1.29, 1.82) is 0 Å². The molecule has 0 bridgehead atoms. The quantitative estimate of drug-likeness (QED) is 0.117. The summed E-state index contributed by atoms with van der Waals surface area (Å²) in [5.74, 6) is -0.207. The van der Waals surface area contributed by atoms with Crippen LogP contribution >= 0.6 is 11.3 Å². The van der Waals surface area contributed by atoms with Crippen molar-refractivity contribution >= 4 is 21.4 Å². The standard InChI is InChI=1S/C37H53FO5S/c1-5-9-19-39-26-32-35(40-20-10-6-2)37(42-22-12-8-4)36(41-21-11-7-3)34(43-32)28-17-18-31(38)29(23-28)25-30-24-27-15-13-14-16-33(27)44-30/h13-18,23-24,32,34-37H,5-12,19-22,25-26H2,1-4H3/t32-,34?,35-,36+,37+/m1/s1. The third-order valence-electron chi connectivity index (χ3n) is 8.22. The fourth-order valence-corrected chi connectivity index (χ4v) is 6.73. The summed E-state index contributed by atoms with van der Waals surface area (Å²) >= 11 is 1.72. The molecule has 3 aromatic rings. The van der Waals surface area contributed by atoms with Gasteiger partial charge in [-0.1, -0.05) is 77.6 Å². The molecule has 2 aromatic carbocycles. The molecule has 44 heavy (non-hydrogen) atoms. The van der Waals surface area contributed by atoms with Gasteiger partial charge in [0.15, 0.2) is 0 Å².